The molecule has 1 amide bonds. The molecule has 1 aliphatic rings. The molecule has 1 saturated carbocycles. The molecule has 0 spiro atoms. The Morgan fingerprint density at radius 1 is 1.22 bits per heavy atom. The number of nitrogens with zero attached hydrogens (tertiary/aromatic N) is 2. The number of ether oxygens (including phenoxy) is 1. The Kier molecular flexibility index (Phi) is 4.60. The van der Waals surface area contributed by atoms with Crippen LogP contribution in [-0.2, 0) is 13.0 Å². The summed E-state index contributed by atoms with van der Waals surface area (Å²) in [7, 11) is 1.55. The Bertz CT molecular complexity index is 678. The summed E-state index contributed by atoms with van der Waals surface area (Å²) in [4.78, 5) is 19.0. The highest BCUT2D eigenvalue weighted by Gasteiger charge is 2.34. The molecule has 4 heteroatoms. The number of hydrogen-bond donors (Lipinski definition) is 0. The van der Waals surface area contributed by atoms with Gasteiger partial charge in [0.1, 0.15) is 5.56 Å². The molecule has 0 saturated heterocycles. The first kappa shape index (κ1) is 15.5. The number of benzene rings is 1. The van der Waals surface area contributed by atoms with Gasteiger partial charge in [-0.05, 0) is 42.5 Å². The van der Waals surface area contributed by atoms with E-state index in [-0.39, 0.29) is 5.91 Å². The summed E-state index contributed by atoms with van der Waals surface area (Å²) in [6, 6.07) is 12.4. The number of aromatic nitrogens is 1. The van der Waals surface area contributed by atoms with E-state index in [1.807, 2.05) is 4.90 Å². The molecule has 1 heterocycles. The van der Waals surface area contributed by atoms with Crippen molar-refractivity contribution in [3.63, 3.8) is 0 Å². The van der Waals surface area contributed by atoms with Crippen molar-refractivity contribution in [3.8, 4) is 5.88 Å². The molecule has 0 radical (unpaired) electrons. The van der Waals surface area contributed by atoms with E-state index in [4.69, 9.17) is 4.74 Å². The van der Waals surface area contributed by atoms with Gasteiger partial charge in [0.05, 0.1) is 7.11 Å². The molecule has 2 aromatic rings. The molecule has 1 aromatic heterocycles. The molecular weight excluding hydrogens is 288 g/mol. The number of pyridine rings is 1. The summed E-state index contributed by atoms with van der Waals surface area (Å²) in [5, 5.41) is 0. The lowest BCUT2D eigenvalue weighted by Crippen LogP contribution is -2.33. The summed E-state index contributed by atoms with van der Waals surface area (Å²) < 4.78 is 5.24. The summed E-state index contributed by atoms with van der Waals surface area (Å²) in [5.74, 6) is 0.390. The van der Waals surface area contributed by atoms with E-state index in [9.17, 15) is 4.79 Å². The van der Waals surface area contributed by atoms with Crippen LogP contribution in [0.4, 0.5) is 0 Å². The Hall–Kier alpha value is -2.36. The molecule has 1 aliphatic carbocycles. The van der Waals surface area contributed by atoms with E-state index in [1.165, 1.54) is 5.56 Å². The van der Waals surface area contributed by atoms with E-state index in [0.717, 1.165) is 24.8 Å². The van der Waals surface area contributed by atoms with Gasteiger partial charge in [-0.3, -0.25) is 4.79 Å². The van der Waals surface area contributed by atoms with Crippen molar-refractivity contribution < 1.29 is 9.53 Å². The van der Waals surface area contributed by atoms with Crippen LogP contribution in [0.15, 0.2) is 42.6 Å². The molecule has 0 aliphatic heterocycles. The maximum Gasteiger partial charge on any atom is 0.259 e. The second-order valence-electron chi connectivity index (χ2n) is 5.89. The Balaban J connectivity index is 1.82. The van der Waals surface area contributed by atoms with Gasteiger partial charge in [0.2, 0.25) is 5.88 Å². The van der Waals surface area contributed by atoms with Crippen molar-refractivity contribution in [2.45, 2.75) is 38.8 Å². The number of amides is 1. The van der Waals surface area contributed by atoms with Gasteiger partial charge in [-0.25, -0.2) is 4.98 Å². The molecule has 0 atom stereocenters. The molecule has 0 bridgehead atoms. The lowest BCUT2D eigenvalue weighted by atomic mass is 10.1. The summed E-state index contributed by atoms with van der Waals surface area (Å²) in [5.41, 5.74) is 3.00. The zero-order valence-electron chi connectivity index (χ0n) is 13.7. The summed E-state index contributed by atoms with van der Waals surface area (Å²) in [6.45, 7) is 2.77. The minimum Gasteiger partial charge on any atom is -0.480 e. The van der Waals surface area contributed by atoms with Gasteiger partial charge >= 0.3 is 0 Å². The minimum atomic E-state index is -0.00276. The first-order valence-electron chi connectivity index (χ1n) is 8.10. The molecule has 0 N–H and O–H groups in total. The van der Waals surface area contributed by atoms with Crippen LogP contribution in [-0.4, -0.2) is 28.9 Å². The van der Waals surface area contributed by atoms with Crippen LogP contribution in [0.5, 0.6) is 5.88 Å². The fourth-order valence-corrected chi connectivity index (χ4v) is 2.70. The largest absolute Gasteiger partial charge is 0.480 e. The Morgan fingerprint density at radius 2 is 1.91 bits per heavy atom. The van der Waals surface area contributed by atoms with Gasteiger partial charge < -0.3 is 9.64 Å². The minimum absolute atomic E-state index is 0.00276. The van der Waals surface area contributed by atoms with Crippen LogP contribution >= 0.6 is 0 Å². The zero-order chi connectivity index (χ0) is 16.2. The first-order valence-corrected chi connectivity index (χ1v) is 8.10. The SMILES string of the molecule is CCc1ccc(CN(C(=O)c2cccnc2OC)C2CC2)cc1. The highest BCUT2D eigenvalue weighted by molar-refractivity contribution is 5.96. The fraction of sp³-hybridized carbons (Fsp3) is 0.368. The number of carbonyl (C=O) groups excluding carboxylic acids is 1. The Morgan fingerprint density at radius 3 is 2.52 bits per heavy atom. The van der Waals surface area contributed by atoms with Gasteiger partial charge in [0.15, 0.2) is 0 Å². The van der Waals surface area contributed by atoms with Crippen LogP contribution in [0.3, 0.4) is 0 Å². The van der Waals surface area contributed by atoms with E-state index in [0.29, 0.717) is 24.0 Å². The average molecular weight is 310 g/mol. The third-order valence-electron chi connectivity index (χ3n) is 4.23. The second kappa shape index (κ2) is 6.82. The van der Waals surface area contributed by atoms with Gasteiger partial charge in [-0.2, -0.15) is 0 Å². The lowest BCUT2D eigenvalue weighted by molar-refractivity contribution is 0.0725. The number of aryl methyl sites for hydroxylation is 1. The third-order valence-corrected chi connectivity index (χ3v) is 4.23. The van der Waals surface area contributed by atoms with Crippen LogP contribution in [0.25, 0.3) is 0 Å². The molecule has 0 unspecified atom stereocenters. The fourth-order valence-electron chi connectivity index (χ4n) is 2.70. The maximum absolute atomic E-state index is 12.9. The van der Waals surface area contributed by atoms with Gasteiger partial charge in [0, 0.05) is 18.8 Å². The van der Waals surface area contributed by atoms with Crippen molar-refractivity contribution in [1.82, 2.24) is 9.88 Å². The molecular formula is C19H22N2O2. The third kappa shape index (κ3) is 3.52. The second-order valence-corrected chi connectivity index (χ2v) is 5.89. The Labute approximate surface area is 137 Å². The highest BCUT2D eigenvalue weighted by atomic mass is 16.5. The predicted molar refractivity (Wildman–Crippen MR) is 89.5 cm³/mol. The van der Waals surface area contributed by atoms with Crippen LogP contribution < -0.4 is 4.74 Å². The number of carbonyl (C=O) groups is 1. The zero-order valence-corrected chi connectivity index (χ0v) is 13.7. The number of methoxy groups -OCH3 is 1. The smallest absolute Gasteiger partial charge is 0.259 e. The predicted octanol–water partition coefficient (Wildman–Crippen LogP) is 3.46. The molecule has 23 heavy (non-hydrogen) atoms. The van der Waals surface area contributed by atoms with Crippen molar-refractivity contribution in [2.75, 3.05) is 7.11 Å². The topological polar surface area (TPSA) is 42.4 Å². The van der Waals surface area contributed by atoms with E-state index < -0.39 is 0 Å². The highest BCUT2D eigenvalue weighted by Crippen LogP contribution is 2.31. The van der Waals surface area contributed by atoms with E-state index in [2.05, 4.69) is 36.2 Å². The van der Waals surface area contributed by atoms with E-state index in [1.54, 1.807) is 25.4 Å². The normalized spacial score (nSPS) is 13.7. The summed E-state index contributed by atoms with van der Waals surface area (Å²) >= 11 is 0. The molecule has 120 valence electrons. The van der Waals surface area contributed by atoms with Crippen LogP contribution in [0.2, 0.25) is 0 Å². The lowest BCUT2D eigenvalue weighted by Gasteiger charge is -2.23. The average Bonchev–Trinajstić information content (AvgIpc) is 3.44. The van der Waals surface area contributed by atoms with E-state index >= 15 is 0 Å². The maximum atomic E-state index is 12.9. The molecule has 3 rings (SSSR count). The summed E-state index contributed by atoms with van der Waals surface area (Å²) in [6.07, 6.45) is 4.81. The van der Waals surface area contributed by atoms with Crippen molar-refractivity contribution in [3.05, 3.63) is 59.3 Å². The van der Waals surface area contributed by atoms with Crippen molar-refractivity contribution >= 4 is 5.91 Å². The molecule has 1 fully saturated rings. The van der Waals surface area contributed by atoms with Crippen LogP contribution in [0.1, 0.15) is 41.3 Å². The monoisotopic (exact) mass is 310 g/mol. The number of hydrogen-bond acceptors (Lipinski definition) is 3. The van der Waals surface area contributed by atoms with Crippen LogP contribution in [0, 0.1) is 0 Å². The van der Waals surface area contributed by atoms with Gasteiger partial charge in [-0.1, -0.05) is 31.2 Å². The van der Waals surface area contributed by atoms with Gasteiger partial charge in [-0.15, -0.1) is 0 Å². The number of rotatable bonds is 6. The molecule has 1 aromatic carbocycles. The quantitative estimate of drug-likeness (QED) is 0.820. The van der Waals surface area contributed by atoms with Crippen molar-refractivity contribution in [1.29, 1.82) is 0 Å². The molecule has 4 nitrogen and oxygen atoms in total. The first-order chi connectivity index (χ1) is 11.2. The standard InChI is InChI=1S/C19H22N2O2/c1-3-14-6-8-15(9-7-14)13-21(16-10-11-16)19(22)17-5-4-12-20-18(17)23-2/h4-9,12,16H,3,10-11,13H2,1-2H3. The van der Waals surface area contributed by atoms with Gasteiger partial charge in [0.25, 0.3) is 5.91 Å². The van der Waals surface area contributed by atoms with Crippen molar-refractivity contribution in [2.24, 2.45) is 0 Å².